The largest absolute Gasteiger partial charge is 0.394 e. The van der Waals surface area contributed by atoms with Crippen molar-refractivity contribution in [3.63, 3.8) is 0 Å². The third-order valence-corrected chi connectivity index (χ3v) is 1.74. The van der Waals surface area contributed by atoms with E-state index in [1.165, 1.54) is 6.20 Å². The SMILES string of the molecule is Cc1[nH]ncc1C(O)C(O)CO. The van der Waals surface area contributed by atoms with Gasteiger partial charge in [0, 0.05) is 11.3 Å². The fourth-order valence-electron chi connectivity index (χ4n) is 0.965. The van der Waals surface area contributed by atoms with Crippen LogP contribution in [-0.2, 0) is 0 Å². The van der Waals surface area contributed by atoms with Crippen molar-refractivity contribution < 1.29 is 15.3 Å². The highest BCUT2D eigenvalue weighted by Crippen LogP contribution is 2.17. The maximum atomic E-state index is 9.39. The van der Waals surface area contributed by atoms with Gasteiger partial charge in [0.2, 0.25) is 0 Å². The second-order valence-corrected chi connectivity index (χ2v) is 2.65. The average molecular weight is 172 g/mol. The summed E-state index contributed by atoms with van der Waals surface area (Å²) in [5.41, 5.74) is 1.20. The first kappa shape index (κ1) is 9.18. The van der Waals surface area contributed by atoms with Gasteiger partial charge in [-0.05, 0) is 6.92 Å². The summed E-state index contributed by atoms with van der Waals surface area (Å²) in [6, 6.07) is 0. The highest BCUT2D eigenvalue weighted by atomic mass is 16.4. The summed E-state index contributed by atoms with van der Waals surface area (Å²) in [4.78, 5) is 0. The van der Waals surface area contributed by atoms with Crippen molar-refractivity contribution in [2.45, 2.75) is 19.1 Å². The summed E-state index contributed by atoms with van der Waals surface area (Å²) >= 11 is 0. The molecule has 0 spiro atoms. The molecular formula is C7H12N2O3. The molecule has 1 heterocycles. The predicted octanol–water partition coefficient (Wildman–Crippen LogP) is -0.895. The van der Waals surface area contributed by atoms with Crippen LogP contribution in [0.2, 0.25) is 0 Å². The molecule has 2 unspecified atom stereocenters. The Kier molecular flexibility index (Phi) is 2.80. The molecule has 0 fully saturated rings. The molecule has 2 atom stereocenters. The third-order valence-electron chi connectivity index (χ3n) is 1.74. The van der Waals surface area contributed by atoms with Gasteiger partial charge in [0.1, 0.15) is 12.2 Å². The van der Waals surface area contributed by atoms with Crippen molar-refractivity contribution in [3.05, 3.63) is 17.5 Å². The van der Waals surface area contributed by atoms with Crippen molar-refractivity contribution in [2.24, 2.45) is 0 Å². The monoisotopic (exact) mass is 172 g/mol. The van der Waals surface area contributed by atoms with E-state index >= 15 is 0 Å². The van der Waals surface area contributed by atoms with Crippen molar-refractivity contribution in [2.75, 3.05) is 6.61 Å². The molecule has 1 aromatic heterocycles. The summed E-state index contributed by atoms with van der Waals surface area (Å²) in [6.07, 6.45) is -0.797. The van der Waals surface area contributed by atoms with E-state index in [1.54, 1.807) is 6.92 Å². The Bertz CT molecular complexity index is 249. The van der Waals surface area contributed by atoms with Crippen molar-refractivity contribution in [1.82, 2.24) is 10.2 Å². The zero-order valence-electron chi connectivity index (χ0n) is 6.73. The van der Waals surface area contributed by atoms with E-state index in [0.29, 0.717) is 11.3 Å². The number of aliphatic hydroxyl groups is 3. The van der Waals surface area contributed by atoms with Crippen LogP contribution in [0.4, 0.5) is 0 Å². The molecule has 5 nitrogen and oxygen atoms in total. The van der Waals surface area contributed by atoms with Gasteiger partial charge >= 0.3 is 0 Å². The molecule has 0 bridgehead atoms. The number of hydrogen-bond acceptors (Lipinski definition) is 4. The van der Waals surface area contributed by atoms with Gasteiger partial charge in [0.25, 0.3) is 0 Å². The normalized spacial score (nSPS) is 16.0. The smallest absolute Gasteiger partial charge is 0.110 e. The van der Waals surface area contributed by atoms with Crippen LogP contribution in [0.25, 0.3) is 0 Å². The summed E-state index contributed by atoms with van der Waals surface area (Å²) in [6.45, 7) is 1.27. The number of aryl methyl sites for hydroxylation is 1. The molecule has 0 aromatic carbocycles. The first-order valence-electron chi connectivity index (χ1n) is 3.63. The lowest BCUT2D eigenvalue weighted by molar-refractivity contribution is -0.0155. The van der Waals surface area contributed by atoms with Gasteiger partial charge in [-0.2, -0.15) is 5.10 Å². The van der Waals surface area contributed by atoms with Crippen LogP contribution >= 0.6 is 0 Å². The van der Waals surface area contributed by atoms with Gasteiger partial charge in [-0.15, -0.1) is 0 Å². The minimum absolute atomic E-state index is 0.466. The van der Waals surface area contributed by atoms with Gasteiger partial charge in [-0.3, -0.25) is 5.10 Å². The minimum Gasteiger partial charge on any atom is -0.394 e. The Hall–Kier alpha value is -0.910. The molecule has 4 N–H and O–H groups in total. The molecule has 0 radical (unpaired) electrons. The highest BCUT2D eigenvalue weighted by Gasteiger charge is 2.19. The number of nitrogens with zero attached hydrogens (tertiary/aromatic N) is 1. The van der Waals surface area contributed by atoms with Gasteiger partial charge in [0.05, 0.1) is 12.8 Å². The van der Waals surface area contributed by atoms with Crippen LogP contribution in [0.15, 0.2) is 6.20 Å². The standard InChI is InChI=1S/C7H12N2O3/c1-4-5(2-8-9-4)7(12)6(11)3-10/h2,6-7,10-12H,3H2,1H3,(H,8,9). The number of aromatic amines is 1. The first-order chi connectivity index (χ1) is 5.66. The van der Waals surface area contributed by atoms with E-state index in [9.17, 15) is 5.11 Å². The van der Waals surface area contributed by atoms with Crippen LogP contribution in [0.5, 0.6) is 0 Å². The molecule has 0 aliphatic carbocycles. The van der Waals surface area contributed by atoms with Crippen LogP contribution in [-0.4, -0.2) is 38.2 Å². The van der Waals surface area contributed by atoms with E-state index in [4.69, 9.17) is 10.2 Å². The summed E-state index contributed by atoms with van der Waals surface area (Å²) in [5.74, 6) is 0. The number of H-pyrrole nitrogens is 1. The first-order valence-corrected chi connectivity index (χ1v) is 3.63. The van der Waals surface area contributed by atoms with Gasteiger partial charge < -0.3 is 15.3 Å². The van der Waals surface area contributed by atoms with Crippen LogP contribution in [0.1, 0.15) is 17.4 Å². The van der Waals surface area contributed by atoms with Crippen molar-refractivity contribution >= 4 is 0 Å². The maximum absolute atomic E-state index is 9.39. The molecule has 1 aromatic rings. The number of rotatable bonds is 3. The van der Waals surface area contributed by atoms with E-state index < -0.39 is 18.8 Å². The van der Waals surface area contributed by atoms with E-state index in [-0.39, 0.29) is 0 Å². The second-order valence-electron chi connectivity index (χ2n) is 2.65. The molecule has 68 valence electrons. The molecule has 5 heteroatoms. The Morgan fingerprint density at radius 2 is 2.25 bits per heavy atom. The van der Waals surface area contributed by atoms with Crippen LogP contribution < -0.4 is 0 Å². The van der Waals surface area contributed by atoms with E-state index in [1.807, 2.05) is 0 Å². The van der Waals surface area contributed by atoms with Gasteiger partial charge in [-0.25, -0.2) is 0 Å². The van der Waals surface area contributed by atoms with E-state index in [0.717, 1.165) is 0 Å². The Balaban J connectivity index is 2.77. The maximum Gasteiger partial charge on any atom is 0.110 e. The summed E-state index contributed by atoms with van der Waals surface area (Å²) < 4.78 is 0. The Morgan fingerprint density at radius 3 is 2.67 bits per heavy atom. The zero-order valence-corrected chi connectivity index (χ0v) is 6.73. The second kappa shape index (κ2) is 3.66. The molecule has 12 heavy (non-hydrogen) atoms. The van der Waals surface area contributed by atoms with Crippen LogP contribution in [0.3, 0.4) is 0 Å². The van der Waals surface area contributed by atoms with Crippen molar-refractivity contribution in [3.8, 4) is 0 Å². The molecular weight excluding hydrogens is 160 g/mol. The number of aromatic nitrogens is 2. The predicted molar refractivity (Wildman–Crippen MR) is 41.4 cm³/mol. The number of nitrogens with one attached hydrogen (secondary N) is 1. The lowest BCUT2D eigenvalue weighted by atomic mass is 10.1. The highest BCUT2D eigenvalue weighted by molar-refractivity contribution is 5.18. The summed E-state index contributed by atoms with van der Waals surface area (Å²) in [5, 5.41) is 33.3. The van der Waals surface area contributed by atoms with Crippen molar-refractivity contribution in [1.29, 1.82) is 0 Å². The van der Waals surface area contributed by atoms with Gasteiger partial charge in [-0.1, -0.05) is 0 Å². The molecule has 0 saturated carbocycles. The molecule has 1 rings (SSSR count). The molecule has 0 aliphatic heterocycles. The zero-order chi connectivity index (χ0) is 9.14. The number of hydrogen-bond donors (Lipinski definition) is 4. The molecule has 0 aliphatic rings. The fourth-order valence-corrected chi connectivity index (χ4v) is 0.965. The number of aliphatic hydroxyl groups excluding tert-OH is 3. The Morgan fingerprint density at radius 1 is 1.58 bits per heavy atom. The molecule has 0 amide bonds. The lowest BCUT2D eigenvalue weighted by Crippen LogP contribution is -2.22. The van der Waals surface area contributed by atoms with Gasteiger partial charge in [0.15, 0.2) is 0 Å². The fraction of sp³-hybridized carbons (Fsp3) is 0.571. The summed E-state index contributed by atoms with van der Waals surface area (Å²) in [7, 11) is 0. The topological polar surface area (TPSA) is 89.4 Å². The van der Waals surface area contributed by atoms with E-state index in [2.05, 4.69) is 10.2 Å². The molecule has 0 saturated heterocycles. The van der Waals surface area contributed by atoms with Crippen LogP contribution in [0, 0.1) is 6.92 Å². The average Bonchev–Trinajstić information content (AvgIpc) is 2.48. The minimum atomic E-state index is -1.15. The quantitative estimate of drug-likeness (QED) is 0.476. The lowest BCUT2D eigenvalue weighted by Gasteiger charge is -2.14. The third kappa shape index (κ3) is 1.63. The Labute approximate surface area is 69.7 Å².